The lowest BCUT2D eigenvalue weighted by atomic mass is 10.2. The van der Waals surface area contributed by atoms with E-state index in [0.29, 0.717) is 11.2 Å². The van der Waals surface area contributed by atoms with Crippen molar-refractivity contribution in [2.24, 2.45) is 0 Å². The fourth-order valence-corrected chi connectivity index (χ4v) is 2.39. The van der Waals surface area contributed by atoms with E-state index in [1.165, 1.54) is 6.42 Å². The molecule has 1 saturated heterocycles. The summed E-state index contributed by atoms with van der Waals surface area (Å²) in [5, 5.41) is 5.95. The van der Waals surface area contributed by atoms with E-state index in [2.05, 4.69) is 15.8 Å². The number of methoxy groups -OCH3 is 1. The molecule has 1 aliphatic heterocycles. The highest BCUT2D eigenvalue weighted by atomic mass is 32.1. The average Bonchev–Trinajstić information content (AvgIpc) is 2.78. The Bertz CT molecular complexity index is 385. The molecule has 1 atom stereocenters. The van der Waals surface area contributed by atoms with Crippen LogP contribution in [-0.4, -0.2) is 36.4 Å². The zero-order valence-electron chi connectivity index (χ0n) is 10.6. The molecule has 0 radical (unpaired) electrons. The Morgan fingerprint density at radius 2 is 2.22 bits per heavy atom. The van der Waals surface area contributed by atoms with Gasteiger partial charge in [-0.3, -0.25) is 5.43 Å². The van der Waals surface area contributed by atoms with Gasteiger partial charge in [0.15, 0.2) is 5.11 Å². The van der Waals surface area contributed by atoms with E-state index in [4.69, 9.17) is 17.0 Å². The van der Waals surface area contributed by atoms with Gasteiger partial charge < -0.3 is 10.1 Å². The lowest BCUT2D eigenvalue weighted by molar-refractivity contribution is 0.101. The van der Waals surface area contributed by atoms with Crippen molar-refractivity contribution in [1.82, 2.24) is 10.4 Å². The van der Waals surface area contributed by atoms with Crippen molar-refractivity contribution in [2.45, 2.75) is 18.9 Å². The fourth-order valence-electron chi connectivity index (χ4n) is 2.16. The average molecular weight is 265 g/mol. The molecule has 2 rings (SSSR count). The second-order valence-electron chi connectivity index (χ2n) is 4.38. The van der Waals surface area contributed by atoms with Crippen LogP contribution in [0.5, 0.6) is 0 Å². The van der Waals surface area contributed by atoms with Crippen LogP contribution in [0.4, 0.5) is 5.69 Å². The molecule has 1 aromatic rings. The number of hydrogen-bond donors (Lipinski definition) is 2. The highest BCUT2D eigenvalue weighted by molar-refractivity contribution is 7.80. The van der Waals surface area contributed by atoms with Crippen LogP contribution in [0.15, 0.2) is 30.3 Å². The predicted octanol–water partition coefficient (Wildman–Crippen LogP) is 2.00. The third-order valence-electron chi connectivity index (χ3n) is 3.01. The number of hydrogen-bond acceptors (Lipinski definition) is 3. The molecule has 0 amide bonds. The van der Waals surface area contributed by atoms with Crippen molar-refractivity contribution >= 4 is 23.0 Å². The summed E-state index contributed by atoms with van der Waals surface area (Å²) in [6, 6.07) is 10.3. The van der Waals surface area contributed by atoms with E-state index in [1.54, 1.807) is 7.11 Å². The van der Waals surface area contributed by atoms with Crippen LogP contribution in [0.1, 0.15) is 12.8 Å². The van der Waals surface area contributed by atoms with Crippen LogP contribution in [0.2, 0.25) is 0 Å². The largest absolute Gasteiger partial charge is 0.383 e. The molecule has 0 spiro atoms. The number of hydrazine groups is 1. The number of para-hydroxylation sites is 1. The smallest absolute Gasteiger partial charge is 0.185 e. The number of nitrogens with zero attached hydrogens (tertiary/aromatic N) is 1. The minimum atomic E-state index is 0.408. The van der Waals surface area contributed by atoms with Crippen LogP contribution in [0, 0.1) is 0 Å². The Balaban J connectivity index is 1.84. The molecule has 0 unspecified atom stereocenters. The van der Waals surface area contributed by atoms with Gasteiger partial charge in [0.25, 0.3) is 0 Å². The zero-order valence-corrected chi connectivity index (χ0v) is 11.4. The molecule has 0 aliphatic carbocycles. The summed E-state index contributed by atoms with van der Waals surface area (Å²) in [7, 11) is 1.73. The van der Waals surface area contributed by atoms with E-state index in [-0.39, 0.29) is 0 Å². The van der Waals surface area contributed by atoms with Gasteiger partial charge >= 0.3 is 0 Å². The minimum absolute atomic E-state index is 0.408. The summed E-state index contributed by atoms with van der Waals surface area (Å²) in [6.45, 7) is 1.74. The molecule has 98 valence electrons. The van der Waals surface area contributed by atoms with Gasteiger partial charge in [0.05, 0.1) is 12.6 Å². The van der Waals surface area contributed by atoms with Gasteiger partial charge in [-0.1, -0.05) is 18.2 Å². The molecule has 18 heavy (non-hydrogen) atoms. The molecule has 2 N–H and O–H groups in total. The first kappa shape index (κ1) is 13.3. The van der Waals surface area contributed by atoms with Crippen LogP contribution in [0.3, 0.4) is 0 Å². The van der Waals surface area contributed by atoms with E-state index >= 15 is 0 Å². The van der Waals surface area contributed by atoms with E-state index < -0.39 is 0 Å². The lowest BCUT2D eigenvalue weighted by Gasteiger charge is -2.26. The standard InChI is InChI=1S/C13H19N3OS/c1-17-10-12-8-5-9-16(12)15-13(18)14-11-6-3-2-4-7-11/h2-4,6-7,12H,5,8-10H2,1H3,(H2,14,15,18)/t12-/m1/s1. The van der Waals surface area contributed by atoms with E-state index in [0.717, 1.165) is 25.3 Å². The minimum Gasteiger partial charge on any atom is -0.383 e. The molecule has 5 heteroatoms. The predicted molar refractivity (Wildman–Crippen MR) is 77.4 cm³/mol. The third kappa shape index (κ3) is 3.66. The number of anilines is 1. The summed E-state index contributed by atoms with van der Waals surface area (Å²) in [4.78, 5) is 0. The van der Waals surface area contributed by atoms with Gasteiger partial charge in [0, 0.05) is 19.3 Å². The second kappa shape index (κ2) is 6.68. The SMILES string of the molecule is COC[C@H]1CCCN1NC(=S)Nc1ccccc1. The van der Waals surface area contributed by atoms with Crippen molar-refractivity contribution in [3.63, 3.8) is 0 Å². The number of thiocarbonyl (C=S) groups is 1. The lowest BCUT2D eigenvalue weighted by Crippen LogP contribution is -2.48. The highest BCUT2D eigenvalue weighted by Gasteiger charge is 2.24. The first-order valence-corrected chi connectivity index (χ1v) is 6.58. The summed E-state index contributed by atoms with van der Waals surface area (Å²) >= 11 is 5.31. The summed E-state index contributed by atoms with van der Waals surface area (Å²) in [5.74, 6) is 0. The van der Waals surface area contributed by atoms with E-state index in [9.17, 15) is 0 Å². The molecule has 1 heterocycles. The molecular formula is C13H19N3OS. The molecule has 1 aliphatic rings. The van der Waals surface area contributed by atoms with Crippen molar-refractivity contribution < 1.29 is 4.74 Å². The van der Waals surface area contributed by atoms with Gasteiger partial charge in [0.2, 0.25) is 0 Å². The first-order valence-electron chi connectivity index (χ1n) is 6.18. The van der Waals surface area contributed by atoms with Gasteiger partial charge in [-0.05, 0) is 37.2 Å². The molecule has 0 saturated carbocycles. The monoisotopic (exact) mass is 265 g/mol. The Morgan fingerprint density at radius 1 is 1.44 bits per heavy atom. The van der Waals surface area contributed by atoms with Gasteiger partial charge in [-0.2, -0.15) is 0 Å². The molecule has 0 aromatic heterocycles. The molecule has 4 nitrogen and oxygen atoms in total. The normalized spacial score (nSPS) is 19.7. The molecule has 0 bridgehead atoms. The van der Waals surface area contributed by atoms with Crippen molar-refractivity contribution in [2.75, 3.05) is 25.6 Å². The Kier molecular flexibility index (Phi) is 4.92. The quantitative estimate of drug-likeness (QED) is 0.814. The Labute approximate surface area is 113 Å². The molecular weight excluding hydrogens is 246 g/mol. The Morgan fingerprint density at radius 3 is 2.94 bits per heavy atom. The summed E-state index contributed by atoms with van der Waals surface area (Å²) in [6.07, 6.45) is 2.32. The van der Waals surface area contributed by atoms with Gasteiger partial charge in [-0.15, -0.1) is 0 Å². The van der Waals surface area contributed by atoms with Crippen molar-refractivity contribution in [3.05, 3.63) is 30.3 Å². The highest BCUT2D eigenvalue weighted by Crippen LogP contribution is 2.15. The summed E-state index contributed by atoms with van der Waals surface area (Å²) < 4.78 is 5.21. The third-order valence-corrected chi connectivity index (χ3v) is 3.21. The van der Waals surface area contributed by atoms with Crippen LogP contribution < -0.4 is 10.7 Å². The maximum atomic E-state index is 5.31. The Hall–Kier alpha value is -1.17. The fraction of sp³-hybridized carbons (Fsp3) is 0.462. The van der Waals surface area contributed by atoms with Crippen LogP contribution in [0.25, 0.3) is 0 Å². The molecule has 1 fully saturated rings. The maximum absolute atomic E-state index is 5.31. The maximum Gasteiger partial charge on any atom is 0.185 e. The van der Waals surface area contributed by atoms with Crippen molar-refractivity contribution in [3.8, 4) is 0 Å². The first-order chi connectivity index (χ1) is 8.79. The second-order valence-corrected chi connectivity index (χ2v) is 4.78. The van der Waals surface area contributed by atoms with E-state index in [1.807, 2.05) is 30.3 Å². The number of rotatable bonds is 4. The number of nitrogens with one attached hydrogen (secondary N) is 2. The number of benzene rings is 1. The van der Waals surface area contributed by atoms with Crippen molar-refractivity contribution in [1.29, 1.82) is 0 Å². The zero-order chi connectivity index (χ0) is 12.8. The van der Waals surface area contributed by atoms with Crippen LogP contribution >= 0.6 is 12.2 Å². The molecule has 1 aromatic carbocycles. The van der Waals surface area contributed by atoms with Gasteiger partial charge in [0.1, 0.15) is 0 Å². The van der Waals surface area contributed by atoms with Crippen LogP contribution in [-0.2, 0) is 4.74 Å². The van der Waals surface area contributed by atoms with Gasteiger partial charge in [-0.25, -0.2) is 5.01 Å². The number of ether oxygens (including phenoxy) is 1. The summed E-state index contributed by atoms with van der Waals surface area (Å²) in [5.41, 5.74) is 4.23. The topological polar surface area (TPSA) is 36.5 Å².